The fourth-order valence-corrected chi connectivity index (χ4v) is 1.80. The predicted octanol–water partition coefficient (Wildman–Crippen LogP) is 1.02. The zero-order valence-electron chi connectivity index (χ0n) is 6.93. The third-order valence-corrected chi connectivity index (χ3v) is 2.80. The highest BCUT2D eigenvalue weighted by Crippen LogP contribution is 2.25. The Hall–Kier alpha value is -0.940. The van der Waals surface area contributed by atoms with Crippen LogP contribution in [0.2, 0.25) is 0 Å². The van der Waals surface area contributed by atoms with E-state index in [2.05, 4.69) is 10.3 Å². The van der Waals surface area contributed by atoms with E-state index in [-0.39, 0.29) is 0 Å². The Labute approximate surface area is 79.6 Å². The van der Waals surface area contributed by atoms with Crippen LogP contribution in [0.5, 0.6) is 0 Å². The highest BCUT2D eigenvalue weighted by Gasteiger charge is 2.29. The van der Waals surface area contributed by atoms with Crippen LogP contribution < -0.4 is 5.32 Å². The van der Waals surface area contributed by atoms with Crippen molar-refractivity contribution in [2.45, 2.75) is 24.9 Å². The van der Waals surface area contributed by atoms with E-state index in [9.17, 15) is 4.79 Å². The average molecular weight is 198 g/mol. The lowest BCUT2D eigenvalue weighted by atomic mass is 10.2. The number of carbonyl (C=O) groups is 1. The molecule has 2 N–H and O–H groups in total. The summed E-state index contributed by atoms with van der Waals surface area (Å²) in [7, 11) is 0. The first-order chi connectivity index (χ1) is 6.27. The van der Waals surface area contributed by atoms with Crippen molar-refractivity contribution in [1.82, 2.24) is 10.3 Å². The van der Waals surface area contributed by atoms with Crippen molar-refractivity contribution in [3.8, 4) is 0 Å². The third kappa shape index (κ3) is 2.05. The molecular weight excluding hydrogens is 188 g/mol. The monoisotopic (exact) mass is 198 g/mol. The Morgan fingerprint density at radius 3 is 3.00 bits per heavy atom. The van der Waals surface area contributed by atoms with Crippen molar-refractivity contribution in [2.24, 2.45) is 0 Å². The van der Waals surface area contributed by atoms with Crippen LogP contribution >= 0.6 is 11.3 Å². The fourth-order valence-electron chi connectivity index (χ4n) is 1.13. The van der Waals surface area contributed by atoms with Crippen molar-refractivity contribution in [1.29, 1.82) is 0 Å². The van der Waals surface area contributed by atoms with E-state index in [0.29, 0.717) is 6.04 Å². The molecule has 2 rings (SSSR count). The normalized spacial score (nSPS) is 18.5. The standard InChI is InChI=1S/C8H10N2O2S/c11-8(12)7(10-5-1-2-5)6-3-9-4-13-6/h3-5,7,10H,1-2H2,(H,11,12). The Morgan fingerprint density at radius 2 is 2.54 bits per heavy atom. The van der Waals surface area contributed by atoms with Gasteiger partial charge in [0.2, 0.25) is 0 Å². The van der Waals surface area contributed by atoms with Crippen molar-refractivity contribution in [3.63, 3.8) is 0 Å². The quantitative estimate of drug-likeness (QED) is 0.758. The number of nitrogens with one attached hydrogen (secondary N) is 1. The number of hydrogen-bond acceptors (Lipinski definition) is 4. The SMILES string of the molecule is O=C(O)C(NC1CC1)c1cncs1. The van der Waals surface area contributed by atoms with E-state index < -0.39 is 12.0 Å². The molecule has 1 aromatic rings. The number of thiazole rings is 1. The van der Waals surface area contributed by atoms with Crippen molar-refractivity contribution in [3.05, 3.63) is 16.6 Å². The maximum absolute atomic E-state index is 10.9. The lowest BCUT2D eigenvalue weighted by molar-refractivity contribution is -0.139. The number of hydrogen-bond donors (Lipinski definition) is 2. The largest absolute Gasteiger partial charge is 0.480 e. The maximum atomic E-state index is 10.9. The summed E-state index contributed by atoms with van der Waals surface area (Å²) < 4.78 is 0. The number of rotatable bonds is 4. The van der Waals surface area contributed by atoms with Crippen molar-refractivity contribution < 1.29 is 9.90 Å². The van der Waals surface area contributed by atoms with Gasteiger partial charge in [0.15, 0.2) is 0 Å². The summed E-state index contributed by atoms with van der Waals surface area (Å²) in [4.78, 5) is 15.5. The summed E-state index contributed by atoms with van der Waals surface area (Å²) in [6.07, 6.45) is 3.78. The van der Waals surface area contributed by atoms with E-state index in [4.69, 9.17) is 5.11 Å². The van der Waals surface area contributed by atoms with Gasteiger partial charge in [-0.2, -0.15) is 0 Å². The lowest BCUT2D eigenvalue weighted by Gasteiger charge is -2.10. The topological polar surface area (TPSA) is 62.2 Å². The first kappa shape index (κ1) is 8.65. The Kier molecular flexibility index (Phi) is 2.28. The molecule has 1 atom stereocenters. The number of carboxylic acids is 1. The molecule has 1 heterocycles. The van der Waals surface area contributed by atoms with Gasteiger partial charge in [0.1, 0.15) is 6.04 Å². The van der Waals surface area contributed by atoms with Gasteiger partial charge in [0.05, 0.1) is 10.4 Å². The number of carboxylic acid groups (broad SMARTS) is 1. The molecular formula is C8H10N2O2S. The van der Waals surface area contributed by atoms with Gasteiger partial charge in [-0.15, -0.1) is 11.3 Å². The number of aromatic nitrogens is 1. The van der Waals surface area contributed by atoms with Crippen LogP contribution in [0.15, 0.2) is 11.7 Å². The van der Waals surface area contributed by atoms with E-state index in [1.807, 2.05) is 0 Å². The second-order valence-corrected chi connectivity index (χ2v) is 4.03. The summed E-state index contributed by atoms with van der Waals surface area (Å²) in [5.74, 6) is -0.823. The first-order valence-electron chi connectivity index (χ1n) is 4.14. The third-order valence-electron chi connectivity index (χ3n) is 1.96. The van der Waals surface area contributed by atoms with Gasteiger partial charge in [-0.05, 0) is 12.8 Å². The molecule has 1 saturated carbocycles. The minimum Gasteiger partial charge on any atom is -0.480 e. The molecule has 0 saturated heterocycles. The second kappa shape index (κ2) is 3.43. The smallest absolute Gasteiger partial charge is 0.326 e. The molecule has 1 aliphatic carbocycles. The molecule has 1 unspecified atom stereocenters. The minimum absolute atomic E-state index is 0.392. The molecule has 0 bridgehead atoms. The van der Waals surface area contributed by atoms with Crippen LogP contribution in [0.3, 0.4) is 0 Å². The van der Waals surface area contributed by atoms with Crippen molar-refractivity contribution >= 4 is 17.3 Å². The molecule has 70 valence electrons. The van der Waals surface area contributed by atoms with Gasteiger partial charge in [-0.1, -0.05) is 0 Å². The van der Waals surface area contributed by atoms with Gasteiger partial charge < -0.3 is 5.11 Å². The summed E-state index contributed by atoms with van der Waals surface area (Å²) in [5, 5.41) is 12.0. The van der Waals surface area contributed by atoms with Gasteiger partial charge >= 0.3 is 5.97 Å². The molecule has 0 spiro atoms. The molecule has 1 aromatic heterocycles. The van der Waals surface area contributed by atoms with E-state index in [1.165, 1.54) is 11.3 Å². The molecule has 1 fully saturated rings. The minimum atomic E-state index is -0.823. The van der Waals surface area contributed by atoms with E-state index >= 15 is 0 Å². The fraction of sp³-hybridized carbons (Fsp3) is 0.500. The molecule has 1 aliphatic rings. The van der Waals surface area contributed by atoms with E-state index in [1.54, 1.807) is 11.7 Å². The summed E-state index contributed by atoms with van der Waals surface area (Å²) in [6.45, 7) is 0. The Bertz CT molecular complexity index is 295. The molecule has 0 amide bonds. The van der Waals surface area contributed by atoms with Crippen molar-refractivity contribution in [2.75, 3.05) is 0 Å². The van der Waals surface area contributed by atoms with Crippen LogP contribution in [0, 0.1) is 0 Å². The predicted molar refractivity (Wildman–Crippen MR) is 48.6 cm³/mol. The van der Waals surface area contributed by atoms with Gasteiger partial charge in [-0.3, -0.25) is 15.1 Å². The van der Waals surface area contributed by atoms with Gasteiger partial charge in [0.25, 0.3) is 0 Å². The summed E-state index contributed by atoms with van der Waals surface area (Å²) >= 11 is 1.37. The second-order valence-electron chi connectivity index (χ2n) is 3.12. The summed E-state index contributed by atoms with van der Waals surface area (Å²) in [5.41, 5.74) is 1.65. The summed E-state index contributed by atoms with van der Waals surface area (Å²) in [6, 6.07) is -0.178. The highest BCUT2D eigenvalue weighted by atomic mass is 32.1. The average Bonchev–Trinajstić information content (AvgIpc) is 2.75. The maximum Gasteiger partial charge on any atom is 0.326 e. The molecule has 5 heteroatoms. The molecule has 13 heavy (non-hydrogen) atoms. The van der Waals surface area contributed by atoms with Crippen LogP contribution in [0.4, 0.5) is 0 Å². The van der Waals surface area contributed by atoms with Gasteiger partial charge in [-0.25, -0.2) is 0 Å². The number of aliphatic carboxylic acids is 1. The Balaban J connectivity index is 2.08. The lowest BCUT2D eigenvalue weighted by Crippen LogP contribution is -2.29. The first-order valence-corrected chi connectivity index (χ1v) is 5.02. The van der Waals surface area contributed by atoms with Gasteiger partial charge in [0, 0.05) is 12.2 Å². The van der Waals surface area contributed by atoms with E-state index in [0.717, 1.165) is 17.7 Å². The molecule has 4 nitrogen and oxygen atoms in total. The van der Waals surface area contributed by atoms with Crippen LogP contribution in [0.25, 0.3) is 0 Å². The van der Waals surface area contributed by atoms with Crippen LogP contribution in [0.1, 0.15) is 23.8 Å². The Morgan fingerprint density at radius 1 is 1.77 bits per heavy atom. The molecule has 0 aromatic carbocycles. The highest BCUT2D eigenvalue weighted by molar-refractivity contribution is 7.09. The molecule has 0 radical (unpaired) electrons. The zero-order valence-corrected chi connectivity index (χ0v) is 7.75. The van der Waals surface area contributed by atoms with Crippen LogP contribution in [-0.4, -0.2) is 22.1 Å². The number of nitrogens with zero attached hydrogens (tertiary/aromatic N) is 1. The molecule has 0 aliphatic heterocycles. The zero-order chi connectivity index (χ0) is 9.26. The van der Waals surface area contributed by atoms with Crippen LogP contribution in [-0.2, 0) is 4.79 Å².